The van der Waals surface area contributed by atoms with Gasteiger partial charge in [0.2, 0.25) is 0 Å². The molecule has 5 nitrogen and oxygen atoms in total. The number of nitrogens with zero attached hydrogens (tertiary/aromatic N) is 2. The van der Waals surface area contributed by atoms with Crippen LogP contribution in [0.15, 0.2) is 0 Å². The fraction of sp³-hybridized carbons (Fsp3) is 0.727. The lowest BCUT2D eigenvalue weighted by Gasteiger charge is -2.24. The van der Waals surface area contributed by atoms with Gasteiger partial charge >= 0.3 is 0 Å². The molecule has 1 aliphatic rings. The van der Waals surface area contributed by atoms with Crippen molar-refractivity contribution in [3.63, 3.8) is 0 Å². The van der Waals surface area contributed by atoms with Gasteiger partial charge in [-0.1, -0.05) is 11.6 Å². The molecule has 2 rings (SSSR count). The van der Waals surface area contributed by atoms with Gasteiger partial charge < -0.3 is 5.32 Å². The molecule has 0 aliphatic carbocycles. The summed E-state index contributed by atoms with van der Waals surface area (Å²) >= 11 is 6.16. The van der Waals surface area contributed by atoms with E-state index in [1.54, 1.807) is 4.68 Å². The number of aromatic nitrogens is 2. The second kappa shape index (κ2) is 4.51. The zero-order chi connectivity index (χ0) is 13.6. The second-order valence-electron chi connectivity index (χ2n) is 5.23. The summed E-state index contributed by atoms with van der Waals surface area (Å²) in [4.78, 5) is 0. The van der Waals surface area contributed by atoms with E-state index in [-0.39, 0.29) is 17.0 Å². The molecule has 0 aromatic carbocycles. The van der Waals surface area contributed by atoms with Crippen LogP contribution in [0.5, 0.6) is 0 Å². The van der Waals surface area contributed by atoms with Crippen molar-refractivity contribution in [3.8, 4) is 0 Å². The SMILES string of the molecule is Cc1nn(C)c(CNC2(C)CCS(=O)(=O)C2)c1Cl. The van der Waals surface area contributed by atoms with Gasteiger partial charge in [-0.15, -0.1) is 0 Å². The zero-order valence-electron chi connectivity index (χ0n) is 10.8. The minimum absolute atomic E-state index is 0.189. The highest BCUT2D eigenvalue weighted by Gasteiger charge is 2.38. The standard InChI is InChI=1S/C11H18ClN3O2S/c1-8-10(12)9(15(3)14-8)6-13-11(2)4-5-18(16,17)7-11/h13H,4-7H2,1-3H3. The number of hydrogen-bond acceptors (Lipinski definition) is 4. The molecule has 0 bridgehead atoms. The predicted molar refractivity (Wildman–Crippen MR) is 71.5 cm³/mol. The van der Waals surface area contributed by atoms with E-state index < -0.39 is 9.84 Å². The van der Waals surface area contributed by atoms with E-state index in [0.29, 0.717) is 18.0 Å². The summed E-state index contributed by atoms with van der Waals surface area (Å²) in [6, 6.07) is 0. The highest BCUT2D eigenvalue weighted by Crippen LogP contribution is 2.25. The molecule has 1 fully saturated rings. The van der Waals surface area contributed by atoms with Crippen molar-refractivity contribution in [2.24, 2.45) is 7.05 Å². The van der Waals surface area contributed by atoms with Crippen molar-refractivity contribution in [1.82, 2.24) is 15.1 Å². The topological polar surface area (TPSA) is 64.0 Å². The number of rotatable bonds is 3. The smallest absolute Gasteiger partial charge is 0.152 e. The largest absolute Gasteiger partial charge is 0.305 e. The normalized spacial score (nSPS) is 26.7. The molecule has 0 amide bonds. The van der Waals surface area contributed by atoms with Gasteiger partial charge in [-0.2, -0.15) is 5.10 Å². The monoisotopic (exact) mass is 291 g/mol. The van der Waals surface area contributed by atoms with E-state index in [1.165, 1.54) is 0 Å². The molecule has 0 spiro atoms. The number of halogens is 1. The Labute approximate surface area is 112 Å². The van der Waals surface area contributed by atoms with Gasteiger partial charge in [-0.05, 0) is 20.3 Å². The van der Waals surface area contributed by atoms with Gasteiger partial charge in [0.25, 0.3) is 0 Å². The van der Waals surface area contributed by atoms with Crippen LogP contribution in [-0.4, -0.2) is 35.2 Å². The fourth-order valence-corrected chi connectivity index (χ4v) is 4.67. The molecule has 1 aromatic rings. The van der Waals surface area contributed by atoms with E-state index >= 15 is 0 Å². The first-order valence-electron chi connectivity index (χ1n) is 5.86. The molecule has 1 N–H and O–H groups in total. The van der Waals surface area contributed by atoms with Crippen LogP contribution in [0.3, 0.4) is 0 Å². The van der Waals surface area contributed by atoms with Crippen molar-refractivity contribution in [3.05, 3.63) is 16.4 Å². The Morgan fingerprint density at radius 1 is 1.56 bits per heavy atom. The van der Waals surface area contributed by atoms with E-state index in [1.807, 2.05) is 20.9 Å². The zero-order valence-corrected chi connectivity index (χ0v) is 12.4. The number of aryl methyl sites for hydroxylation is 2. The van der Waals surface area contributed by atoms with Gasteiger partial charge in [0, 0.05) is 19.1 Å². The minimum Gasteiger partial charge on any atom is -0.305 e. The predicted octanol–water partition coefficient (Wildman–Crippen LogP) is 1.05. The molecule has 1 unspecified atom stereocenters. The van der Waals surface area contributed by atoms with Crippen molar-refractivity contribution < 1.29 is 8.42 Å². The first-order chi connectivity index (χ1) is 8.22. The lowest BCUT2D eigenvalue weighted by atomic mass is 10.0. The summed E-state index contributed by atoms with van der Waals surface area (Å²) in [5, 5.41) is 8.18. The summed E-state index contributed by atoms with van der Waals surface area (Å²) in [5.74, 6) is 0.448. The van der Waals surface area contributed by atoms with Crippen LogP contribution in [0.1, 0.15) is 24.7 Å². The lowest BCUT2D eigenvalue weighted by molar-refractivity contribution is 0.389. The van der Waals surface area contributed by atoms with Crippen LogP contribution in [0.2, 0.25) is 5.02 Å². The van der Waals surface area contributed by atoms with E-state index in [4.69, 9.17) is 11.6 Å². The van der Waals surface area contributed by atoms with Gasteiger partial charge in [0.05, 0.1) is 27.9 Å². The van der Waals surface area contributed by atoms with Crippen LogP contribution in [0.4, 0.5) is 0 Å². The number of hydrogen-bond donors (Lipinski definition) is 1. The maximum Gasteiger partial charge on any atom is 0.152 e. The number of sulfone groups is 1. The van der Waals surface area contributed by atoms with Crippen LogP contribution < -0.4 is 5.32 Å². The first kappa shape index (κ1) is 13.8. The third-order valence-electron chi connectivity index (χ3n) is 3.45. The highest BCUT2D eigenvalue weighted by molar-refractivity contribution is 7.91. The Kier molecular flexibility index (Phi) is 3.46. The molecule has 1 aromatic heterocycles. The molecule has 2 heterocycles. The summed E-state index contributed by atoms with van der Waals surface area (Å²) < 4.78 is 24.8. The van der Waals surface area contributed by atoms with Gasteiger partial charge in [-0.25, -0.2) is 8.42 Å². The molecule has 1 atom stereocenters. The molecular weight excluding hydrogens is 274 g/mol. The molecule has 1 saturated heterocycles. The van der Waals surface area contributed by atoms with Gasteiger partial charge in [0.1, 0.15) is 0 Å². The highest BCUT2D eigenvalue weighted by atomic mass is 35.5. The first-order valence-corrected chi connectivity index (χ1v) is 8.06. The van der Waals surface area contributed by atoms with Crippen LogP contribution >= 0.6 is 11.6 Å². The Balaban J connectivity index is 2.09. The lowest BCUT2D eigenvalue weighted by Crippen LogP contribution is -2.43. The Morgan fingerprint density at radius 3 is 2.67 bits per heavy atom. The average Bonchev–Trinajstić information content (AvgIpc) is 2.65. The number of nitrogens with one attached hydrogen (secondary N) is 1. The second-order valence-corrected chi connectivity index (χ2v) is 7.79. The van der Waals surface area contributed by atoms with Crippen molar-refractivity contribution in [2.45, 2.75) is 32.4 Å². The van der Waals surface area contributed by atoms with Crippen molar-refractivity contribution in [1.29, 1.82) is 0 Å². The van der Waals surface area contributed by atoms with Gasteiger partial charge in [0.15, 0.2) is 9.84 Å². The quantitative estimate of drug-likeness (QED) is 0.904. The maximum atomic E-state index is 11.5. The van der Waals surface area contributed by atoms with Crippen molar-refractivity contribution in [2.75, 3.05) is 11.5 Å². The van der Waals surface area contributed by atoms with E-state index in [2.05, 4.69) is 10.4 Å². The minimum atomic E-state index is -2.89. The molecule has 0 saturated carbocycles. The Bertz CT molecular complexity index is 567. The summed E-state index contributed by atoms with van der Waals surface area (Å²) in [6.07, 6.45) is 0.643. The van der Waals surface area contributed by atoms with E-state index in [9.17, 15) is 8.42 Å². The molecule has 7 heteroatoms. The molecule has 1 aliphatic heterocycles. The van der Waals surface area contributed by atoms with Crippen LogP contribution in [0, 0.1) is 6.92 Å². The average molecular weight is 292 g/mol. The maximum absolute atomic E-state index is 11.5. The third-order valence-corrected chi connectivity index (χ3v) is 5.84. The van der Waals surface area contributed by atoms with Crippen LogP contribution in [0.25, 0.3) is 0 Å². The Morgan fingerprint density at radius 2 is 2.22 bits per heavy atom. The summed E-state index contributed by atoms with van der Waals surface area (Å²) in [6.45, 7) is 4.32. The van der Waals surface area contributed by atoms with Crippen molar-refractivity contribution >= 4 is 21.4 Å². The Hall–Kier alpha value is -0.590. The third kappa shape index (κ3) is 2.70. The van der Waals surface area contributed by atoms with E-state index in [0.717, 1.165) is 11.4 Å². The summed E-state index contributed by atoms with van der Waals surface area (Å²) in [5.41, 5.74) is 1.32. The molecule has 0 radical (unpaired) electrons. The summed E-state index contributed by atoms with van der Waals surface area (Å²) in [7, 11) is -1.05. The molecular formula is C11H18ClN3O2S. The molecule has 18 heavy (non-hydrogen) atoms. The van der Waals surface area contributed by atoms with Crippen LogP contribution in [-0.2, 0) is 23.4 Å². The fourth-order valence-electron chi connectivity index (χ4n) is 2.32. The molecule has 102 valence electrons. The van der Waals surface area contributed by atoms with Gasteiger partial charge in [-0.3, -0.25) is 4.68 Å².